The molecule has 2 N–H and O–H groups in total. The van der Waals surface area contributed by atoms with Gasteiger partial charge in [-0.15, -0.1) is 9.05 Å². The van der Waals surface area contributed by atoms with Crippen molar-refractivity contribution < 1.29 is 38.2 Å². The van der Waals surface area contributed by atoms with E-state index in [1.54, 1.807) is 0 Å². The molecule has 0 aliphatic carbocycles. The third kappa shape index (κ3) is 12.8. The summed E-state index contributed by atoms with van der Waals surface area (Å²) in [5, 5.41) is 21.0. The first-order chi connectivity index (χ1) is 17.9. The summed E-state index contributed by atoms with van der Waals surface area (Å²) in [4.78, 5) is 21.1. The van der Waals surface area contributed by atoms with Crippen LogP contribution in [0.15, 0.2) is 24.3 Å². The molecule has 2 aromatic rings. The number of phenols is 2. The van der Waals surface area contributed by atoms with Gasteiger partial charge in [0.15, 0.2) is 0 Å². The summed E-state index contributed by atoms with van der Waals surface area (Å²) in [6.45, 7) is 24.1. The first kappa shape index (κ1) is 40.3. The van der Waals surface area contributed by atoms with Gasteiger partial charge >= 0.3 is 54.2 Å². The SMILES string of the molecule is CC(C)(C)c1cc(CO[P+](=O)[O-])cc(C(C)(C)C)c1O.CC(C)(C)c1cc(CO[P+](=O)[O-])cc(C(C)(C)C)c1O.[Ca+2]. The van der Waals surface area contributed by atoms with Crippen LogP contribution in [0.25, 0.3) is 0 Å². The second kappa shape index (κ2) is 15.4. The summed E-state index contributed by atoms with van der Waals surface area (Å²) in [6, 6.07) is 7.24. The van der Waals surface area contributed by atoms with E-state index in [0.717, 1.165) is 33.4 Å². The van der Waals surface area contributed by atoms with Gasteiger partial charge in [0.25, 0.3) is 0 Å². The molecule has 2 atom stereocenters. The quantitative estimate of drug-likeness (QED) is 0.265. The Labute approximate surface area is 277 Å². The minimum absolute atomic E-state index is 0. The molecule has 41 heavy (non-hydrogen) atoms. The largest absolute Gasteiger partial charge is 2.00 e. The Morgan fingerprint density at radius 1 is 0.561 bits per heavy atom. The molecular weight excluding hydrogens is 590 g/mol. The van der Waals surface area contributed by atoms with Crippen LogP contribution < -0.4 is 9.79 Å². The normalized spacial score (nSPS) is 13.1. The number of hydrogen-bond donors (Lipinski definition) is 2. The molecule has 0 fully saturated rings. The van der Waals surface area contributed by atoms with Crippen LogP contribution in [-0.4, -0.2) is 48.0 Å². The van der Waals surface area contributed by atoms with E-state index in [0.29, 0.717) is 0 Å². The average Bonchev–Trinajstić information content (AvgIpc) is 2.74. The van der Waals surface area contributed by atoms with Crippen molar-refractivity contribution in [2.75, 3.05) is 0 Å². The molecule has 0 aromatic heterocycles. The summed E-state index contributed by atoms with van der Waals surface area (Å²) in [5.41, 5.74) is 3.73. The van der Waals surface area contributed by atoms with Gasteiger partial charge in [0.1, 0.15) is 24.7 Å². The fourth-order valence-corrected chi connectivity index (χ4v) is 4.61. The van der Waals surface area contributed by atoms with Crippen molar-refractivity contribution in [2.24, 2.45) is 0 Å². The van der Waals surface area contributed by atoms with Crippen molar-refractivity contribution in [1.29, 1.82) is 0 Å². The second-order valence-corrected chi connectivity index (χ2v) is 15.5. The predicted octanol–water partition coefficient (Wildman–Crippen LogP) is 6.66. The predicted molar refractivity (Wildman–Crippen MR) is 162 cm³/mol. The van der Waals surface area contributed by atoms with Gasteiger partial charge in [0.05, 0.1) is 0 Å². The monoisotopic (exact) mass is 636 g/mol. The molecule has 2 rings (SSSR count). The van der Waals surface area contributed by atoms with Crippen molar-refractivity contribution in [2.45, 2.75) is 118 Å². The van der Waals surface area contributed by atoms with Gasteiger partial charge in [-0.25, -0.2) is 0 Å². The molecule has 2 unspecified atom stereocenters. The summed E-state index contributed by atoms with van der Waals surface area (Å²) in [5.74, 6) is 0.556. The van der Waals surface area contributed by atoms with E-state index in [1.165, 1.54) is 0 Å². The minimum atomic E-state index is -2.87. The smallest absolute Gasteiger partial charge is 0.566 e. The zero-order valence-electron chi connectivity index (χ0n) is 26.7. The summed E-state index contributed by atoms with van der Waals surface area (Å²) >= 11 is 0. The van der Waals surface area contributed by atoms with Crippen LogP contribution in [0.5, 0.6) is 11.5 Å². The molecule has 0 bridgehead atoms. The van der Waals surface area contributed by atoms with Gasteiger partial charge < -0.3 is 20.0 Å². The van der Waals surface area contributed by atoms with E-state index >= 15 is 0 Å². The van der Waals surface area contributed by atoms with E-state index < -0.39 is 16.5 Å². The Kier molecular flexibility index (Phi) is 15.1. The number of hydrogen-bond acceptors (Lipinski definition) is 8. The Bertz CT molecular complexity index is 1050. The maximum atomic E-state index is 10.6. The third-order valence-corrected chi connectivity index (χ3v) is 6.92. The molecule has 0 saturated heterocycles. The van der Waals surface area contributed by atoms with Crippen molar-refractivity contribution >= 4 is 54.2 Å². The molecule has 0 radical (unpaired) electrons. The molecule has 8 nitrogen and oxygen atoms in total. The van der Waals surface area contributed by atoms with E-state index in [2.05, 4.69) is 9.05 Å². The maximum absolute atomic E-state index is 10.6. The molecule has 0 aliphatic rings. The third-order valence-electron chi connectivity index (χ3n) is 6.24. The van der Waals surface area contributed by atoms with Crippen molar-refractivity contribution in [3.63, 3.8) is 0 Å². The Morgan fingerprint density at radius 2 is 0.756 bits per heavy atom. The van der Waals surface area contributed by atoms with Crippen LogP contribution in [0.4, 0.5) is 0 Å². The fraction of sp³-hybridized carbons (Fsp3) is 0.600. The van der Waals surface area contributed by atoms with Crippen LogP contribution in [0.2, 0.25) is 0 Å². The Morgan fingerprint density at radius 3 is 0.902 bits per heavy atom. The van der Waals surface area contributed by atoms with Crippen molar-refractivity contribution in [3.05, 3.63) is 57.6 Å². The Hall–Kier alpha value is -0.660. The molecular formula is C30H46CaO8P2+2. The fourth-order valence-electron chi connectivity index (χ4n) is 4.10. The van der Waals surface area contributed by atoms with Crippen LogP contribution in [0.3, 0.4) is 0 Å². The summed E-state index contributed by atoms with van der Waals surface area (Å²) < 4.78 is 30.5. The zero-order valence-corrected chi connectivity index (χ0v) is 30.7. The molecule has 0 heterocycles. The summed E-state index contributed by atoms with van der Waals surface area (Å²) in [7, 11) is -5.74. The first-order valence-corrected chi connectivity index (χ1v) is 15.3. The van der Waals surface area contributed by atoms with Crippen LogP contribution >= 0.6 is 16.5 Å². The van der Waals surface area contributed by atoms with E-state index in [9.17, 15) is 29.1 Å². The minimum Gasteiger partial charge on any atom is -0.566 e. The van der Waals surface area contributed by atoms with E-state index in [-0.39, 0.29) is 84.1 Å². The second-order valence-electron chi connectivity index (χ2n) is 14.1. The molecule has 0 aliphatic heterocycles. The molecule has 0 amide bonds. The van der Waals surface area contributed by atoms with Gasteiger partial charge in [0.2, 0.25) is 0 Å². The first-order valence-electron chi connectivity index (χ1n) is 13.1. The van der Waals surface area contributed by atoms with Gasteiger partial charge in [-0.3, -0.25) is 0 Å². The van der Waals surface area contributed by atoms with Crippen LogP contribution in [0.1, 0.15) is 116 Å². The van der Waals surface area contributed by atoms with Gasteiger partial charge in [-0.05, 0) is 88.4 Å². The standard InChI is InChI=1S/2C15H23O4P.Ca/c2*1-14(2,3)11-7-10(9-19-20(17)18)8-12(13(11)16)15(4,5)6;/h2*7-8,16H,9H2,1-6H3;/q;;+2. The molecule has 11 heteroatoms. The molecule has 2 aromatic carbocycles. The van der Waals surface area contributed by atoms with Crippen LogP contribution in [-0.2, 0) is 53.1 Å². The zero-order chi connectivity index (χ0) is 31.4. The maximum Gasteiger partial charge on any atom is 2.00 e. The molecule has 0 saturated carbocycles. The number of rotatable bonds is 6. The van der Waals surface area contributed by atoms with Gasteiger partial charge in [-0.2, -0.15) is 0 Å². The Balaban J connectivity index is 0.000000762. The summed E-state index contributed by atoms with van der Waals surface area (Å²) in [6.07, 6.45) is 0. The molecule has 0 spiro atoms. The van der Waals surface area contributed by atoms with Gasteiger partial charge in [0, 0.05) is 0 Å². The number of aromatic hydroxyl groups is 2. The van der Waals surface area contributed by atoms with Crippen LogP contribution in [0, 0.1) is 0 Å². The van der Waals surface area contributed by atoms with Crippen molar-refractivity contribution in [1.82, 2.24) is 0 Å². The van der Waals surface area contributed by atoms with Gasteiger partial charge in [-0.1, -0.05) is 83.1 Å². The van der Waals surface area contributed by atoms with E-state index in [4.69, 9.17) is 0 Å². The van der Waals surface area contributed by atoms with Crippen molar-refractivity contribution in [3.8, 4) is 11.5 Å². The topological polar surface area (TPSA) is 139 Å². The average molecular weight is 637 g/mol. The molecule has 224 valence electrons. The number of benzene rings is 2. The van der Waals surface area contributed by atoms with E-state index in [1.807, 2.05) is 107 Å². The number of phenolic OH excluding ortho intramolecular Hbond substituents is 2.